The second-order valence-electron chi connectivity index (χ2n) is 10.2. The maximum atomic E-state index is 11.8. The van der Waals surface area contributed by atoms with Gasteiger partial charge in [-0.15, -0.1) is 0 Å². The van der Waals surface area contributed by atoms with Gasteiger partial charge in [0.1, 0.15) is 11.8 Å². The van der Waals surface area contributed by atoms with Gasteiger partial charge in [-0.2, -0.15) is 10.6 Å². The van der Waals surface area contributed by atoms with E-state index in [9.17, 15) is 19.0 Å². The van der Waals surface area contributed by atoms with E-state index in [1.807, 2.05) is 35.2 Å². The van der Waals surface area contributed by atoms with Gasteiger partial charge in [0, 0.05) is 23.2 Å². The average molecular weight is 534 g/mol. The Morgan fingerprint density at radius 2 is 1.95 bits per heavy atom. The molecule has 8 nitrogen and oxygen atoms in total. The van der Waals surface area contributed by atoms with E-state index < -0.39 is 28.1 Å². The number of carbonyl (C=O) groups is 1. The summed E-state index contributed by atoms with van der Waals surface area (Å²) < 4.78 is 29.2. The van der Waals surface area contributed by atoms with Gasteiger partial charge >= 0.3 is 5.97 Å². The first kappa shape index (κ1) is 29.4. The number of likely N-dealkylation sites (tertiary alicyclic amines) is 1. The zero-order valence-corrected chi connectivity index (χ0v) is 23.1. The minimum Gasteiger partial charge on any atom is -0.496 e. The highest BCUT2D eigenvalue weighted by molar-refractivity contribution is 8.24. The third-order valence-corrected chi connectivity index (χ3v) is 9.86. The summed E-state index contributed by atoms with van der Waals surface area (Å²) in [6, 6.07) is 13.2. The first-order chi connectivity index (χ1) is 17.2. The van der Waals surface area contributed by atoms with E-state index in [1.165, 1.54) is 0 Å². The summed E-state index contributed by atoms with van der Waals surface area (Å²) in [5.41, 5.74) is 2.23. The smallest absolute Gasteiger partial charge is 0.320 e. The van der Waals surface area contributed by atoms with Crippen LogP contribution in [0, 0.1) is 0 Å². The molecule has 0 spiro atoms. The van der Waals surface area contributed by atoms with E-state index in [1.54, 1.807) is 7.11 Å². The molecule has 2 aliphatic heterocycles. The molecule has 0 amide bonds. The molecule has 0 saturated carbocycles. The van der Waals surface area contributed by atoms with Crippen LogP contribution in [0.2, 0.25) is 0 Å². The Balaban J connectivity index is 0.00000380. The van der Waals surface area contributed by atoms with Gasteiger partial charge in [-0.1, -0.05) is 57.0 Å². The Kier molecular flexibility index (Phi) is 9.66. The van der Waals surface area contributed by atoms with Crippen LogP contribution in [0.3, 0.4) is 0 Å². The number of methoxy groups -OCH3 is 1. The number of carboxylic acid groups (broad SMARTS) is 1. The van der Waals surface area contributed by atoms with Gasteiger partial charge in [0.05, 0.1) is 23.8 Å². The molecule has 0 aliphatic carbocycles. The van der Waals surface area contributed by atoms with E-state index in [0.29, 0.717) is 30.2 Å². The summed E-state index contributed by atoms with van der Waals surface area (Å²) in [6.45, 7) is 5.35. The number of aliphatic carboxylic acids is 1. The Morgan fingerprint density at radius 1 is 1.22 bits per heavy atom. The number of carboxylic acids is 1. The van der Waals surface area contributed by atoms with Gasteiger partial charge in [0.25, 0.3) is 0 Å². The molecule has 37 heavy (non-hydrogen) atoms. The van der Waals surface area contributed by atoms with Gasteiger partial charge in [-0.3, -0.25) is 24.1 Å². The third-order valence-electron chi connectivity index (χ3n) is 7.84. The van der Waals surface area contributed by atoms with Crippen molar-refractivity contribution >= 4 is 16.6 Å². The second-order valence-corrected chi connectivity index (χ2v) is 12.3. The summed E-state index contributed by atoms with van der Waals surface area (Å²) in [5.74, 6) is 0.0721. The van der Waals surface area contributed by atoms with Gasteiger partial charge in [0.15, 0.2) is 0 Å². The van der Waals surface area contributed by atoms with Crippen LogP contribution in [-0.4, -0.2) is 56.1 Å². The van der Waals surface area contributed by atoms with Gasteiger partial charge < -0.3 is 16.0 Å². The van der Waals surface area contributed by atoms with E-state index >= 15 is 0 Å². The molecule has 206 valence electrons. The maximum Gasteiger partial charge on any atom is 0.320 e. The van der Waals surface area contributed by atoms with Crippen molar-refractivity contribution in [1.82, 2.24) is 16.4 Å². The van der Waals surface area contributed by atoms with Crippen molar-refractivity contribution in [1.29, 1.82) is 0 Å². The number of hydrogen-bond acceptors (Lipinski definition) is 7. The Hall–Kier alpha value is -2.14. The molecule has 0 radical (unpaired) electrons. The van der Waals surface area contributed by atoms with Crippen LogP contribution in [-0.2, 0) is 11.3 Å². The number of hydrogen-bond donors (Lipinski definition) is 5. The molecule has 4 rings (SSSR count). The normalized spacial score (nSPS) is 26.0. The monoisotopic (exact) mass is 533 g/mol. The topological polar surface area (TPSA) is 137 Å². The molecular formula is C28H43N3O5S. The molecule has 9 heteroatoms. The first-order valence-corrected chi connectivity index (χ1v) is 14.7. The molecule has 2 heterocycles. The number of rotatable bonds is 9. The van der Waals surface area contributed by atoms with Crippen molar-refractivity contribution in [2.75, 3.05) is 19.4 Å². The fourth-order valence-electron chi connectivity index (χ4n) is 5.79. The maximum absolute atomic E-state index is 11.8. The summed E-state index contributed by atoms with van der Waals surface area (Å²) >= 11 is 0. The lowest BCUT2D eigenvalue weighted by atomic mass is 9.88. The summed E-state index contributed by atoms with van der Waals surface area (Å²) in [4.78, 5) is 14.3. The first-order valence-electron chi connectivity index (χ1n) is 13.0. The van der Waals surface area contributed by atoms with E-state index in [0.717, 1.165) is 48.8 Å². The van der Waals surface area contributed by atoms with Crippen molar-refractivity contribution in [2.45, 2.75) is 81.4 Å². The van der Waals surface area contributed by atoms with E-state index in [4.69, 9.17) is 4.74 Å². The molecule has 0 aromatic heterocycles. The molecule has 2 aliphatic rings. The molecule has 3 atom stereocenters. The molecule has 0 bridgehead atoms. The number of nitrogens with one attached hydrogen (secondary N) is 1. The lowest BCUT2D eigenvalue weighted by molar-refractivity contribution is -0.142. The van der Waals surface area contributed by atoms with Crippen LogP contribution >= 0.6 is 10.6 Å². The zero-order chi connectivity index (χ0) is 25.9. The van der Waals surface area contributed by atoms with Crippen molar-refractivity contribution in [3.05, 3.63) is 59.2 Å². The Morgan fingerprint density at radius 3 is 2.57 bits per heavy atom. The number of nitrogens with zero attached hydrogens (tertiary/aromatic N) is 1. The van der Waals surface area contributed by atoms with Crippen LogP contribution < -0.4 is 16.2 Å². The molecule has 2 aromatic carbocycles. The molecular weight excluding hydrogens is 490 g/mol. The SMILES string of the molecule is CCCC[C@]1(CC)CS(O)(O)c2cc(CN3CCC[C@H]3C(=O)O)c(OC)cc2[C@@H](c2ccccc2)N1.N. The zero-order valence-electron chi connectivity index (χ0n) is 22.3. The van der Waals surface area contributed by atoms with Gasteiger partial charge in [0.2, 0.25) is 0 Å². The van der Waals surface area contributed by atoms with Crippen LogP contribution in [0.5, 0.6) is 5.75 Å². The molecule has 1 saturated heterocycles. The standard InChI is InChI=1S/C28H40N2O5S.H3N/c1-4-6-14-28(5-2)19-36(33,34)25-16-21(18-30-15-10-13-23(30)27(31)32)24(35-3)17-22(25)26(29-28)20-11-8-7-9-12-20;/h7-9,11-12,16-17,23,26,29,33-34H,4-6,10,13-15,18-19H2,1-3H3,(H,31,32);1H3/t23-,26+,28+;/m0./s1. The number of fused-ring (bicyclic) bond motifs is 1. The summed E-state index contributed by atoms with van der Waals surface area (Å²) in [7, 11) is -1.52. The van der Waals surface area contributed by atoms with Crippen LogP contribution in [0.4, 0.5) is 0 Å². The predicted molar refractivity (Wildman–Crippen MR) is 149 cm³/mol. The number of unbranched alkanes of at least 4 members (excludes halogenated alkanes) is 1. The van der Waals surface area contributed by atoms with Gasteiger partial charge in [-0.25, -0.2) is 0 Å². The molecule has 0 unspecified atom stereocenters. The van der Waals surface area contributed by atoms with Crippen molar-refractivity contribution in [3.8, 4) is 5.75 Å². The van der Waals surface area contributed by atoms with Crippen LogP contribution in [0.1, 0.15) is 75.1 Å². The van der Waals surface area contributed by atoms with Crippen molar-refractivity contribution in [2.24, 2.45) is 0 Å². The minimum atomic E-state index is -3.13. The minimum absolute atomic E-state index is 0. The highest BCUT2D eigenvalue weighted by Crippen LogP contribution is 2.58. The van der Waals surface area contributed by atoms with Crippen LogP contribution in [0.15, 0.2) is 47.4 Å². The van der Waals surface area contributed by atoms with Crippen molar-refractivity contribution < 1.29 is 23.7 Å². The molecule has 7 N–H and O–H groups in total. The number of ether oxygens (including phenoxy) is 1. The highest BCUT2D eigenvalue weighted by atomic mass is 32.3. The highest BCUT2D eigenvalue weighted by Gasteiger charge is 2.42. The summed E-state index contributed by atoms with van der Waals surface area (Å²) in [5, 5.41) is 13.5. The Labute approximate surface area is 222 Å². The van der Waals surface area contributed by atoms with E-state index in [2.05, 4.69) is 31.3 Å². The van der Waals surface area contributed by atoms with Crippen LogP contribution in [0.25, 0.3) is 0 Å². The van der Waals surface area contributed by atoms with Gasteiger partial charge in [-0.05, 0) is 49.9 Å². The van der Waals surface area contributed by atoms with Crippen molar-refractivity contribution in [3.63, 3.8) is 0 Å². The lowest BCUT2D eigenvalue weighted by Crippen LogP contribution is -2.49. The predicted octanol–water partition coefficient (Wildman–Crippen LogP) is 6.05. The molecule has 2 aromatic rings. The fourth-order valence-corrected chi connectivity index (χ4v) is 8.03. The average Bonchev–Trinajstić information content (AvgIpc) is 3.31. The lowest BCUT2D eigenvalue weighted by Gasteiger charge is -2.42. The van der Waals surface area contributed by atoms with E-state index in [-0.39, 0.29) is 17.9 Å². The summed E-state index contributed by atoms with van der Waals surface area (Å²) in [6.07, 6.45) is 5.10. The third kappa shape index (κ3) is 6.13. The Bertz CT molecular complexity index is 1070. The quantitative estimate of drug-likeness (QED) is 0.263. The second kappa shape index (κ2) is 12.1. The number of benzene rings is 2. The fraction of sp³-hybridized carbons (Fsp3) is 0.536. The largest absolute Gasteiger partial charge is 0.496 e. The molecule has 1 fully saturated rings.